The molecule has 2 aromatic rings. The summed E-state index contributed by atoms with van der Waals surface area (Å²) < 4.78 is 0. The van der Waals surface area contributed by atoms with Gasteiger partial charge in [0.2, 0.25) is 0 Å². The van der Waals surface area contributed by atoms with Crippen molar-refractivity contribution in [1.29, 1.82) is 0 Å². The molecule has 0 saturated carbocycles. The standard InChI is InChI=1S/C17H20N4O2/c1-13-2-4-14(5-3-13)12-20-8-10-21(11-9-20)17(23)15-6-7-16(22)19-18-15/h2-7H,8-12H2,1H3,(H,19,22). The Morgan fingerprint density at radius 1 is 1.09 bits per heavy atom. The molecule has 0 spiro atoms. The van der Waals surface area contributed by atoms with Crippen LogP contribution in [0.3, 0.4) is 0 Å². The van der Waals surface area contributed by atoms with Crippen molar-refractivity contribution in [3.63, 3.8) is 0 Å². The summed E-state index contributed by atoms with van der Waals surface area (Å²) in [5, 5.41) is 6.11. The SMILES string of the molecule is Cc1ccc(CN2CCN(C(=O)c3ccc(=O)[nH]n3)CC2)cc1. The number of aryl methyl sites for hydroxylation is 1. The summed E-state index contributed by atoms with van der Waals surface area (Å²) in [5.74, 6) is -0.128. The normalized spacial score (nSPS) is 15.6. The first-order valence-electron chi connectivity index (χ1n) is 7.75. The molecule has 1 saturated heterocycles. The van der Waals surface area contributed by atoms with Gasteiger partial charge in [0, 0.05) is 38.8 Å². The number of aromatic amines is 1. The maximum Gasteiger partial charge on any atom is 0.274 e. The van der Waals surface area contributed by atoms with Crippen molar-refractivity contribution in [3.05, 3.63) is 63.6 Å². The van der Waals surface area contributed by atoms with Crippen molar-refractivity contribution in [3.8, 4) is 0 Å². The van der Waals surface area contributed by atoms with Crippen molar-refractivity contribution < 1.29 is 4.79 Å². The number of aromatic nitrogens is 2. The molecule has 1 fully saturated rings. The average molecular weight is 312 g/mol. The fourth-order valence-corrected chi connectivity index (χ4v) is 2.69. The molecular weight excluding hydrogens is 292 g/mol. The molecule has 23 heavy (non-hydrogen) atoms. The molecule has 2 heterocycles. The Hall–Kier alpha value is -2.47. The quantitative estimate of drug-likeness (QED) is 0.919. The highest BCUT2D eigenvalue weighted by Crippen LogP contribution is 2.11. The van der Waals surface area contributed by atoms with Gasteiger partial charge >= 0.3 is 0 Å². The van der Waals surface area contributed by atoms with Crippen LogP contribution in [0.2, 0.25) is 0 Å². The van der Waals surface area contributed by atoms with E-state index < -0.39 is 0 Å². The van der Waals surface area contributed by atoms with Crippen molar-refractivity contribution in [2.24, 2.45) is 0 Å². The monoisotopic (exact) mass is 312 g/mol. The number of rotatable bonds is 3. The van der Waals surface area contributed by atoms with Gasteiger partial charge in [-0.3, -0.25) is 14.5 Å². The lowest BCUT2D eigenvalue weighted by Gasteiger charge is -2.34. The molecule has 1 aromatic carbocycles. The van der Waals surface area contributed by atoms with Crippen LogP contribution in [-0.4, -0.2) is 52.1 Å². The second-order valence-corrected chi connectivity index (χ2v) is 5.86. The van der Waals surface area contributed by atoms with E-state index in [1.54, 1.807) is 4.90 Å². The molecular formula is C17H20N4O2. The first-order valence-corrected chi connectivity index (χ1v) is 7.75. The van der Waals surface area contributed by atoms with Crippen LogP contribution in [0, 0.1) is 6.92 Å². The van der Waals surface area contributed by atoms with Crippen molar-refractivity contribution >= 4 is 5.91 Å². The number of nitrogens with zero attached hydrogens (tertiary/aromatic N) is 3. The van der Waals surface area contributed by atoms with Crippen LogP contribution < -0.4 is 5.56 Å². The molecule has 1 aliphatic rings. The maximum atomic E-state index is 12.3. The van der Waals surface area contributed by atoms with Crippen molar-refractivity contribution in [1.82, 2.24) is 20.0 Å². The molecule has 120 valence electrons. The second-order valence-electron chi connectivity index (χ2n) is 5.86. The minimum Gasteiger partial charge on any atom is -0.335 e. The first kappa shape index (κ1) is 15.4. The molecule has 6 nitrogen and oxygen atoms in total. The van der Waals surface area contributed by atoms with Crippen LogP contribution in [0.4, 0.5) is 0 Å². The molecule has 1 aromatic heterocycles. The molecule has 1 N–H and O–H groups in total. The summed E-state index contributed by atoms with van der Waals surface area (Å²) in [6, 6.07) is 11.3. The van der Waals surface area contributed by atoms with Gasteiger partial charge in [-0.15, -0.1) is 0 Å². The fraction of sp³-hybridized carbons (Fsp3) is 0.353. The van der Waals surface area contributed by atoms with Crippen molar-refractivity contribution in [2.75, 3.05) is 26.2 Å². The summed E-state index contributed by atoms with van der Waals surface area (Å²) in [4.78, 5) is 27.5. The highest BCUT2D eigenvalue weighted by molar-refractivity contribution is 5.92. The van der Waals surface area contributed by atoms with Gasteiger partial charge in [-0.25, -0.2) is 5.10 Å². The minimum atomic E-state index is -0.301. The Kier molecular flexibility index (Phi) is 4.52. The van der Waals surface area contributed by atoms with Crippen LogP contribution in [0.25, 0.3) is 0 Å². The van der Waals surface area contributed by atoms with E-state index in [1.807, 2.05) is 0 Å². The minimum absolute atomic E-state index is 0.128. The smallest absolute Gasteiger partial charge is 0.274 e. The molecule has 0 unspecified atom stereocenters. The highest BCUT2D eigenvalue weighted by Gasteiger charge is 2.23. The topological polar surface area (TPSA) is 69.3 Å². The van der Waals surface area contributed by atoms with Crippen LogP contribution in [0.1, 0.15) is 21.6 Å². The first-order chi connectivity index (χ1) is 11.1. The molecule has 1 aliphatic heterocycles. The molecule has 1 amide bonds. The van der Waals surface area contributed by atoms with Crippen LogP contribution in [-0.2, 0) is 6.54 Å². The van der Waals surface area contributed by atoms with Gasteiger partial charge in [-0.1, -0.05) is 29.8 Å². The largest absolute Gasteiger partial charge is 0.335 e. The van der Waals surface area contributed by atoms with E-state index in [-0.39, 0.29) is 17.2 Å². The third-order valence-corrected chi connectivity index (χ3v) is 4.08. The molecule has 6 heteroatoms. The van der Waals surface area contributed by atoms with E-state index in [2.05, 4.69) is 46.3 Å². The summed E-state index contributed by atoms with van der Waals surface area (Å²) >= 11 is 0. The fourth-order valence-electron chi connectivity index (χ4n) is 2.69. The predicted octanol–water partition coefficient (Wildman–Crippen LogP) is 1.04. The van der Waals surface area contributed by atoms with Gasteiger partial charge in [-0.2, -0.15) is 5.10 Å². The number of piperazine rings is 1. The number of carbonyl (C=O) groups is 1. The zero-order valence-corrected chi connectivity index (χ0v) is 13.2. The lowest BCUT2D eigenvalue weighted by Crippen LogP contribution is -2.48. The third-order valence-electron chi connectivity index (χ3n) is 4.08. The Labute approximate surface area is 134 Å². The van der Waals surface area contributed by atoms with Gasteiger partial charge in [0.15, 0.2) is 0 Å². The average Bonchev–Trinajstić information content (AvgIpc) is 2.58. The van der Waals surface area contributed by atoms with Gasteiger partial charge in [0.1, 0.15) is 5.69 Å². The Morgan fingerprint density at radius 2 is 1.78 bits per heavy atom. The van der Waals surface area contributed by atoms with E-state index in [9.17, 15) is 9.59 Å². The van der Waals surface area contributed by atoms with Gasteiger partial charge in [-0.05, 0) is 18.6 Å². The summed E-state index contributed by atoms with van der Waals surface area (Å²) in [5.41, 5.74) is 2.54. The van der Waals surface area contributed by atoms with Crippen molar-refractivity contribution in [2.45, 2.75) is 13.5 Å². The summed E-state index contributed by atoms with van der Waals surface area (Å²) in [6.07, 6.45) is 0. The second kappa shape index (κ2) is 6.75. The number of H-pyrrole nitrogens is 1. The van der Waals surface area contributed by atoms with Gasteiger partial charge < -0.3 is 4.90 Å². The van der Waals surface area contributed by atoms with Gasteiger partial charge in [0.25, 0.3) is 11.5 Å². The number of nitrogens with one attached hydrogen (secondary N) is 1. The van der Waals surface area contributed by atoms with E-state index in [0.717, 1.165) is 19.6 Å². The maximum absolute atomic E-state index is 12.3. The Bertz CT molecular complexity index is 711. The van der Waals surface area contributed by atoms with E-state index in [4.69, 9.17) is 0 Å². The number of hydrogen-bond donors (Lipinski definition) is 1. The van der Waals surface area contributed by atoms with Crippen LogP contribution in [0.15, 0.2) is 41.2 Å². The Morgan fingerprint density at radius 3 is 2.39 bits per heavy atom. The number of benzene rings is 1. The Balaban J connectivity index is 1.55. The predicted molar refractivity (Wildman–Crippen MR) is 87.2 cm³/mol. The summed E-state index contributed by atoms with van der Waals surface area (Å²) in [7, 11) is 0. The summed E-state index contributed by atoms with van der Waals surface area (Å²) in [6.45, 7) is 6.00. The molecule has 3 rings (SSSR count). The molecule has 0 radical (unpaired) electrons. The lowest BCUT2D eigenvalue weighted by molar-refractivity contribution is 0.0621. The molecule has 0 atom stereocenters. The van der Waals surface area contributed by atoms with E-state index in [0.29, 0.717) is 13.1 Å². The number of amides is 1. The molecule has 0 bridgehead atoms. The van der Waals surface area contributed by atoms with Crippen LogP contribution in [0.5, 0.6) is 0 Å². The zero-order chi connectivity index (χ0) is 16.2. The highest BCUT2D eigenvalue weighted by atomic mass is 16.2. The van der Waals surface area contributed by atoms with Gasteiger partial charge in [0.05, 0.1) is 0 Å². The van der Waals surface area contributed by atoms with Crippen LogP contribution >= 0.6 is 0 Å². The van der Waals surface area contributed by atoms with E-state index >= 15 is 0 Å². The number of hydrogen-bond acceptors (Lipinski definition) is 4. The lowest BCUT2D eigenvalue weighted by atomic mass is 10.1. The molecule has 0 aliphatic carbocycles. The van der Waals surface area contributed by atoms with E-state index in [1.165, 1.54) is 23.3 Å². The third kappa shape index (κ3) is 3.84. The zero-order valence-electron chi connectivity index (χ0n) is 13.2. The number of carbonyl (C=O) groups excluding carboxylic acids is 1.